The molecule has 36 heavy (non-hydrogen) atoms. The van der Waals surface area contributed by atoms with Gasteiger partial charge in [0.1, 0.15) is 0 Å². The molecule has 0 saturated carbocycles. The van der Waals surface area contributed by atoms with Crippen LogP contribution in [-0.4, -0.2) is 75.9 Å². The predicted octanol–water partition coefficient (Wildman–Crippen LogP) is 7.48. The van der Waals surface area contributed by atoms with Crippen LogP contribution in [0.2, 0.25) is 0 Å². The minimum atomic E-state index is 0.0913. The van der Waals surface area contributed by atoms with Gasteiger partial charge in [-0.25, -0.2) is 0 Å². The number of rotatable bonds is 16. The largest absolute Gasteiger partial charge is 0.282 e. The Morgan fingerprint density at radius 3 is 1.72 bits per heavy atom. The number of thioether (sulfide) groups is 8. The lowest BCUT2D eigenvalue weighted by molar-refractivity contribution is -0.107. The summed E-state index contributed by atoms with van der Waals surface area (Å²) in [6.07, 6.45) is 5.09. The molecule has 1 aromatic rings. The zero-order chi connectivity index (χ0) is 25.6. The number of benzene rings is 1. The molecule has 0 aliphatic carbocycles. The van der Waals surface area contributed by atoms with Crippen LogP contribution in [0, 0.1) is 0 Å². The van der Waals surface area contributed by atoms with Crippen molar-refractivity contribution in [3.63, 3.8) is 0 Å². The molecule has 10 heteroatoms. The van der Waals surface area contributed by atoms with Crippen LogP contribution < -0.4 is 0 Å². The zero-order valence-electron chi connectivity index (χ0n) is 20.3. The van der Waals surface area contributed by atoms with Gasteiger partial charge >= 0.3 is 0 Å². The smallest absolute Gasteiger partial charge is 0.211 e. The van der Waals surface area contributed by atoms with Crippen molar-refractivity contribution < 1.29 is 9.59 Å². The van der Waals surface area contributed by atoms with Crippen molar-refractivity contribution in [3.05, 3.63) is 60.7 Å². The molecular weight excluding hydrogens is 601 g/mol. The molecule has 0 radical (unpaired) electrons. The quantitative estimate of drug-likeness (QED) is 0.135. The van der Waals surface area contributed by atoms with Gasteiger partial charge in [-0.15, -0.1) is 47.0 Å². The molecule has 0 bridgehead atoms. The van der Waals surface area contributed by atoms with Crippen LogP contribution in [0.1, 0.15) is 11.1 Å². The SMILES string of the molecule is C=CC(=O)SCC1CSC(CSCCc2cccc(CCSCC3SCC(CSC(=O)C=C)S3)c2)S1. The fraction of sp³-hybridized carbons (Fsp3) is 0.538. The Morgan fingerprint density at radius 2 is 1.28 bits per heavy atom. The molecule has 0 amide bonds. The van der Waals surface area contributed by atoms with Crippen molar-refractivity contribution >= 4 is 104 Å². The van der Waals surface area contributed by atoms with Crippen LogP contribution in [0.25, 0.3) is 0 Å². The maximum Gasteiger partial charge on any atom is 0.211 e. The second kappa shape index (κ2) is 18.2. The number of hydrogen-bond acceptors (Lipinski definition) is 10. The Bertz CT molecular complexity index is 799. The standard InChI is InChI=1S/C26H34O2S8/c1-3-23(27)31-13-21-15-33-25(35-21)17-29-10-8-19-6-5-7-20(12-19)9-11-30-18-26-34-16-22(36-26)14-32-24(28)4-2/h3-7,12,21-22,25-26H,1-2,8-11,13-18H2. The van der Waals surface area contributed by atoms with Crippen LogP contribution in [-0.2, 0) is 22.4 Å². The molecule has 1 aromatic carbocycles. The van der Waals surface area contributed by atoms with Gasteiger partial charge in [-0.05, 0) is 47.6 Å². The van der Waals surface area contributed by atoms with Gasteiger partial charge < -0.3 is 0 Å². The molecule has 4 atom stereocenters. The molecule has 2 saturated heterocycles. The minimum absolute atomic E-state index is 0.0913. The molecule has 0 spiro atoms. The number of carbonyl (C=O) groups is 2. The lowest BCUT2D eigenvalue weighted by Crippen LogP contribution is -2.07. The number of hydrogen-bond donors (Lipinski definition) is 0. The third-order valence-corrected chi connectivity index (χ3v) is 17.3. The summed E-state index contributed by atoms with van der Waals surface area (Å²) >= 11 is 15.1. The Kier molecular flexibility index (Phi) is 15.9. The second-order valence-electron chi connectivity index (χ2n) is 8.18. The normalized spacial score (nSPS) is 23.6. The molecule has 4 unspecified atom stereocenters. The average molecular weight is 635 g/mol. The summed E-state index contributed by atoms with van der Waals surface area (Å²) in [5.74, 6) is 8.82. The van der Waals surface area contributed by atoms with E-state index in [0.717, 1.165) is 47.4 Å². The summed E-state index contributed by atoms with van der Waals surface area (Å²) in [6.45, 7) is 7.10. The van der Waals surface area contributed by atoms with E-state index in [-0.39, 0.29) is 10.2 Å². The summed E-state index contributed by atoms with van der Waals surface area (Å²) in [6, 6.07) is 9.14. The Labute approximate surface area is 251 Å². The first-order valence-corrected chi connectivity index (χ1v) is 20.2. The summed E-state index contributed by atoms with van der Waals surface area (Å²) in [7, 11) is 0. The molecular formula is C26H34O2S8. The van der Waals surface area contributed by atoms with Gasteiger partial charge in [-0.3, -0.25) is 9.59 Å². The fourth-order valence-electron chi connectivity index (χ4n) is 3.51. The first-order valence-electron chi connectivity index (χ1n) is 11.9. The minimum Gasteiger partial charge on any atom is -0.282 e. The number of carbonyl (C=O) groups excluding carboxylic acids is 2. The van der Waals surface area contributed by atoms with Crippen molar-refractivity contribution in [2.24, 2.45) is 0 Å². The average Bonchev–Trinajstić information content (AvgIpc) is 3.56. The molecule has 3 rings (SSSR count). The molecule has 2 fully saturated rings. The van der Waals surface area contributed by atoms with Crippen molar-refractivity contribution in [3.8, 4) is 0 Å². The van der Waals surface area contributed by atoms with Crippen molar-refractivity contribution in [2.45, 2.75) is 32.5 Å². The van der Waals surface area contributed by atoms with E-state index < -0.39 is 0 Å². The lowest BCUT2D eigenvalue weighted by atomic mass is 10.1. The van der Waals surface area contributed by atoms with E-state index in [4.69, 9.17) is 0 Å². The third-order valence-electron chi connectivity index (χ3n) is 5.35. The molecule has 2 aliphatic rings. The highest BCUT2D eigenvalue weighted by Gasteiger charge is 2.27. The van der Waals surface area contributed by atoms with Crippen LogP contribution >= 0.6 is 94.1 Å². The topological polar surface area (TPSA) is 34.1 Å². The molecule has 0 aromatic heterocycles. The highest BCUT2D eigenvalue weighted by Crippen LogP contribution is 2.42. The van der Waals surface area contributed by atoms with Gasteiger partial charge in [0.25, 0.3) is 0 Å². The van der Waals surface area contributed by atoms with Crippen LogP contribution in [0.4, 0.5) is 0 Å². The van der Waals surface area contributed by atoms with E-state index in [1.54, 1.807) is 0 Å². The summed E-state index contributed by atoms with van der Waals surface area (Å²) in [5.41, 5.74) is 2.90. The molecule has 2 heterocycles. The van der Waals surface area contributed by atoms with E-state index >= 15 is 0 Å². The predicted molar refractivity (Wildman–Crippen MR) is 179 cm³/mol. The summed E-state index contributed by atoms with van der Waals surface area (Å²) in [5, 5.41) is 1.36. The lowest BCUT2D eigenvalue weighted by Gasteiger charge is -2.11. The Balaban J connectivity index is 1.24. The fourth-order valence-corrected chi connectivity index (χ4v) is 15.1. The van der Waals surface area contributed by atoms with Crippen molar-refractivity contribution in [1.82, 2.24) is 0 Å². The first kappa shape index (κ1) is 31.4. The molecule has 2 aliphatic heterocycles. The van der Waals surface area contributed by atoms with Gasteiger partial charge in [0, 0.05) is 45.0 Å². The number of aryl methyl sites for hydroxylation is 2. The van der Waals surface area contributed by atoms with Crippen molar-refractivity contribution in [1.29, 1.82) is 0 Å². The van der Waals surface area contributed by atoms with Gasteiger partial charge in [0.2, 0.25) is 10.2 Å². The van der Waals surface area contributed by atoms with Gasteiger partial charge in [-0.1, -0.05) is 60.9 Å². The highest BCUT2D eigenvalue weighted by atomic mass is 32.2. The highest BCUT2D eigenvalue weighted by molar-refractivity contribution is 8.23. The van der Waals surface area contributed by atoms with E-state index in [1.807, 2.05) is 23.5 Å². The van der Waals surface area contributed by atoms with E-state index in [2.05, 4.69) is 84.5 Å². The van der Waals surface area contributed by atoms with Gasteiger partial charge in [-0.2, -0.15) is 23.5 Å². The van der Waals surface area contributed by atoms with Crippen LogP contribution in [0.15, 0.2) is 49.6 Å². The van der Waals surface area contributed by atoms with E-state index in [0.29, 0.717) is 19.7 Å². The second-order valence-corrected chi connectivity index (χ2v) is 18.6. The third kappa shape index (κ3) is 12.3. The van der Waals surface area contributed by atoms with E-state index in [1.165, 1.54) is 58.3 Å². The Morgan fingerprint density at radius 1 is 0.806 bits per heavy atom. The van der Waals surface area contributed by atoms with Crippen molar-refractivity contribution in [2.75, 3.05) is 46.0 Å². The van der Waals surface area contributed by atoms with Crippen LogP contribution in [0.3, 0.4) is 0 Å². The molecule has 198 valence electrons. The summed E-state index contributed by atoms with van der Waals surface area (Å²) < 4.78 is 1.31. The first-order chi connectivity index (χ1) is 17.6. The zero-order valence-corrected chi connectivity index (χ0v) is 26.9. The van der Waals surface area contributed by atoms with Gasteiger partial charge in [0.05, 0.1) is 9.16 Å². The van der Waals surface area contributed by atoms with Gasteiger partial charge in [0.15, 0.2) is 0 Å². The monoisotopic (exact) mass is 634 g/mol. The summed E-state index contributed by atoms with van der Waals surface area (Å²) in [4.78, 5) is 22.8. The Hall–Kier alpha value is 0.840. The molecule has 2 nitrogen and oxygen atoms in total. The molecule has 0 N–H and O–H groups in total. The van der Waals surface area contributed by atoms with Crippen LogP contribution in [0.5, 0.6) is 0 Å². The maximum absolute atomic E-state index is 11.4. The van der Waals surface area contributed by atoms with E-state index in [9.17, 15) is 9.59 Å². The maximum atomic E-state index is 11.4.